The first-order chi connectivity index (χ1) is 8.10. The van der Waals surface area contributed by atoms with Gasteiger partial charge in [0.05, 0.1) is 12.2 Å². The van der Waals surface area contributed by atoms with Crippen LogP contribution in [0.25, 0.3) is 0 Å². The van der Waals surface area contributed by atoms with E-state index in [1.807, 2.05) is 18.2 Å². The lowest BCUT2D eigenvalue weighted by molar-refractivity contribution is -0.00526. The second-order valence-corrected chi connectivity index (χ2v) is 5.08. The van der Waals surface area contributed by atoms with Gasteiger partial charge in [-0.15, -0.1) is 0 Å². The molecular weight excluding hydrogens is 236 g/mol. The molecule has 0 aliphatic carbocycles. The number of hydrogen-bond donors (Lipinski definition) is 1. The smallest absolute Gasteiger partial charge is 0.0726 e. The molecule has 0 aromatic heterocycles. The second-order valence-electron chi connectivity index (χ2n) is 4.64. The maximum atomic E-state index is 6.07. The monoisotopic (exact) mass is 254 g/mol. The molecule has 94 valence electrons. The van der Waals surface area contributed by atoms with Gasteiger partial charge in [-0.3, -0.25) is 0 Å². The number of rotatable bonds is 2. The van der Waals surface area contributed by atoms with Gasteiger partial charge in [-0.05, 0) is 31.5 Å². The Kier molecular flexibility index (Phi) is 3.92. The van der Waals surface area contributed by atoms with Crippen LogP contribution in [-0.2, 0) is 11.3 Å². The van der Waals surface area contributed by atoms with Crippen LogP contribution in [0.3, 0.4) is 0 Å². The molecule has 1 aliphatic heterocycles. The highest BCUT2D eigenvalue weighted by molar-refractivity contribution is 6.30. The fraction of sp³-hybridized carbons (Fsp3) is 0.538. The number of morpholine rings is 1. The summed E-state index contributed by atoms with van der Waals surface area (Å²) in [5, 5.41) is 0.754. The van der Waals surface area contributed by atoms with Crippen LogP contribution in [0.4, 0.5) is 5.69 Å². The summed E-state index contributed by atoms with van der Waals surface area (Å²) in [5.74, 6) is 0. The van der Waals surface area contributed by atoms with Crippen LogP contribution in [0.15, 0.2) is 18.2 Å². The summed E-state index contributed by atoms with van der Waals surface area (Å²) in [5.41, 5.74) is 8.05. The summed E-state index contributed by atoms with van der Waals surface area (Å²) in [6.07, 6.45) is 0.478. The molecule has 1 aromatic carbocycles. The Morgan fingerprint density at radius 3 is 2.59 bits per heavy atom. The maximum absolute atomic E-state index is 6.07. The van der Waals surface area contributed by atoms with E-state index in [0.29, 0.717) is 6.54 Å². The predicted octanol–water partition coefficient (Wildman–Crippen LogP) is 2.41. The highest BCUT2D eigenvalue weighted by atomic mass is 35.5. The van der Waals surface area contributed by atoms with Crippen molar-refractivity contribution < 1.29 is 4.74 Å². The van der Waals surface area contributed by atoms with Gasteiger partial charge < -0.3 is 15.4 Å². The first kappa shape index (κ1) is 12.7. The van der Waals surface area contributed by atoms with Crippen molar-refractivity contribution in [2.45, 2.75) is 32.6 Å². The molecule has 0 saturated carbocycles. The molecule has 1 aliphatic rings. The summed E-state index contributed by atoms with van der Waals surface area (Å²) in [7, 11) is 0. The Morgan fingerprint density at radius 1 is 1.35 bits per heavy atom. The van der Waals surface area contributed by atoms with Crippen LogP contribution in [0.2, 0.25) is 5.02 Å². The third kappa shape index (κ3) is 2.92. The average Bonchev–Trinajstić information content (AvgIpc) is 2.27. The number of nitrogens with two attached hydrogens (primary N) is 1. The highest BCUT2D eigenvalue weighted by Crippen LogP contribution is 2.27. The van der Waals surface area contributed by atoms with Gasteiger partial charge in [0.1, 0.15) is 0 Å². The molecule has 0 spiro atoms. The third-order valence-corrected chi connectivity index (χ3v) is 3.26. The molecule has 3 nitrogen and oxygen atoms in total. The normalized spacial score (nSPS) is 25.1. The Morgan fingerprint density at radius 2 is 2.00 bits per heavy atom. The standard InChI is InChI=1S/C13H19ClN2O/c1-9-7-16(8-10(2)17-9)13-5-12(14)4-3-11(13)6-15/h3-5,9-10H,6-8,15H2,1-2H3. The molecule has 1 fully saturated rings. The quantitative estimate of drug-likeness (QED) is 0.881. The van der Waals surface area contributed by atoms with Crippen LogP contribution in [0.5, 0.6) is 0 Å². The van der Waals surface area contributed by atoms with E-state index in [1.165, 1.54) is 0 Å². The molecule has 2 atom stereocenters. The molecule has 0 bridgehead atoms. The topological polar surface area (TPSA) is 38.5 Å². The molecule has 2 unspecified atom stereocenters. The van der Waals surface area contributed by atoms with Crippen molar-refractivity contribution in [3.8, 4) is 0 Å². The van der Waals surface area contributed by atoms with E-state index in [4.69, 9.17) is 22.1 Å². The minimum atomic E-state index is 0.239. The van der Waals surface area contributed by atoms with E-state index in [2.05, 4.69) is 18.7 Å². The molecule has 2 rings (SSSR count). The zero-order valence-electron chi connectivity index (χ0n) is 10.3. The van der Waals surface area contributed by atoms with Crippen LogP contribution in [-0.4, -0.2) is 25.3 Å². The van der Waals surface area contributed by atoms with Crippen molar-refractivity contribution in [3.05, 3.63) is 28.8 Å². The van der Waals surface area contributed by atoms with E-state index in [-0.39, 0.29) is 12.2 Å². The van der Waals surface area contributed by atoms with E-state index >= 15 is 0 Å². The minimum absolute atomic E-state index is 0.239. The van der Waals surface area contributed by atoms with Crippen LogP contribution >= 0.6 is 11.6 Å². The lowest BCUT2D eigenvalue weighted by Crippen LogP contribution is -2.45. The van der Waals surface area contributed by atoms with Gasteiger partial charge in [-0.25, -0.2) is 0 Å². The molecule has 0 radical (unpaired) electrons. The average molecular weight is 255 g/mol. The molecule has 2 N–H and O–H groups in total. The Labute approximate surface area is 107 Å². The predicted molar refractivity (Wildman–Crippen MR) is 71.6 cm³/mol. The summed E-state index contributed by atoms with van der Waals surface area (Å²) in [6.45, 7) is 6.49. The number of halogens is 1. The molecule has 1 aromatic rings. The SMILES string of the molecule is CC1CN(c2cc(Cl)ccc2CN)CC(C)O1. The van der Waals surface area contributed by atoms with Gasteiger partial charge >= 0.3 is 0 Å². The molecule has 4 heteroatoms. The summed E-state index contributed by atoms with van der Waals surface area (Å²) in [4.78, 5) is 2.31. The fourth-order valence-corrected chi connectivity index (χ4v) is 2.54. The fourth-order valence-electron chi connectivity index (χ4n) is 2.38. The maximum Gasteiger partial charge on any atom is 0.0726 e. The van der Waals surface area contributed by atoms with Gasteiger partial charge in [0, 0.05) is 30.3 Å². The van der Waals surface area contributed by atoms with E-state index in [1.54, 1.807) is 0 Å². The number of nitrogens with zero attached hydrogens (tertiary/aromatic N) is 1. The van der Waals surface area contributed by atoms with Crippen LogP contribution < -0.4 is 10.6 Å². The lowest BCUT2D eigenvalue weighted by Gasteiger charge is -2.37. The summed E-state index contributed by atoms with van der Waals surface area (Å²) >= 11 is 6.07. The molecule has 1 saturated heterocycles. The van der Waals surface area contributed by atoms with E-state index in [0.717, 1.165) is 29.4 Å². The van der Waals surface area contributed by atoms with Gasteiger partial charge in [0.15, 0.2) is 0 Å². The van der Waals surface area contributed by atoms with Crippen molar-refractivity contribution in [1.29, 1.82) is 0 Å². The molecule has 0 amide bonds. The zero-order chi connectivity index (χ0) is 12.4. The number of anilines is 1. The van der Waals surface area contributed by atoms with Crippen molar-refractivity contribution >= 4 is 17.3 Å². The summed E-state index contributed by atoms with van der Waals surface area (Å²) in [6, 6.07) is 5.89. The van der Waals surface area contributed by atoms with Crippen molar-refractivity contribution in [2.24, 2.45) is 5.73 Å². The van der Waals surface area contributed by atoms with Gasteiger partial charge in [0.25, 0.3) is 0 Å². The van der Waals surface area contributed by atoms with Gasteiger partial charge in [-0.1, -0.05) is 17.7 Å². The summed E-state index contributed by atoms with van der Waals surface area (Å²) < 4.78 is 5.74. The zero-order valence-corrected chi connectivity index (χ0v) is 11.1. The van der Waals surface area contributed by atoms with E-state index < -0.39 is 0 Å². The van der Waals surface area contributed by atoms with Gasteiger partial charge in [-0.2, -0.15) is 0 Å². The second kappa shape index (κ2) is 5.25. The van der Waals surface area contributed by atoms with Crippen molar-refractivity contribution in [1.82, 2.24) is 0 Å². The van der Waals surface area contributed by atoms with Crippen LogP contribution in [0.1, 0.15) is 19.4 Å². The molecule has 1 heterocycles. The number of hydrogen-bond acceptors (Lipinski definition) is 3. The molecule has 17 heavy (non-hydrogen) atoms. The van der Waals surface area contributed by atoms with Crippen molar-refractivity contribution in [2.75, 3.05) is 18.0 Å². The Bertz CT molecular complexity index is 387. The van der Waals surface area contributed by atoms with Crippen molar-refractivity contribution in [3.63, 3.8) is 0 Å². The highest BCUT2D eigenvalue weighted by Gasteiger charge is 2.23. The first-order valence-corrected chi connectivity index (χ1v) is 6.37. The Balaban J connectivity index is 2.28. The first-order valence-electron chi connectivity index (χ1n) is 5.99. The Hall–Kier alpha value is -0.770. The number of ether oxygens (including phenoxy) is 1. The number of benzene rings is 1. The van der Waals surface area contributed by atoms with E-state index in [9.17, 15) is 0 Å². The lowest BCUT2D eigenvalue weighted by atomic mass is 10.1. The van der Waals surface area contributed by atoms with Gasteiger partial charge in [0.2, 0.25) is 0 Å². The minimum Gasteiger partial charge on any atom is -0.372 e. The molecular formula is C13H19ClN2O. The third-order valence-electron chi connectivity index (χ3n) is 3.03. The van der Waals surface area contributed by atoms with Crippen LogP contribution in [0, 0.1) is 0 Å². The largest absolute Gasteiger partial charge is 0.372 e.